The van der Waals surface area contributed by atoms with Crippen LogP contribution in [0.5, 0.6) is 0 Å². The summed E-state index contributed by atoms with van der Waals surface area (Å²) < 4.78 is 0. The van der Waals surface area contributed by atoms with Crippen LogP contribution in [0.25, 0.3) is 5.70 Å². The van der Waals surface area contributed by atoms with Crippen LogP contribution in [0.1, 0.15) is 35.2 Å². The van der Waals surface area contributed by atoms with E-state index in [1.807, 2.05) is 29.2 Å². The summed E-state index contributed by atoms with van der Waals surface area (Å²) in [5.74, 6) is 0.1000. The van der Waals surface area contributed by atoms with E-state index >= 15 is 0 Å². The first-order valence-electron chi connectivity index (χ1n) is 6.61. The largest absolute Gasteiger partial charge is 0.312 e. The van der Waals surface area contributed by atoms with E-state index in [1.54, 1.807) is 0 Å². The van der Waals surface area contributed by atoms with E-state index in [0.29, 0.717) is 6.04 Å². The average Bonchev–Trinajstić information content (AvgIpc) is 2.66. The number of carbonyl (C=O) groups is 1. The number of nitrogens with zero attached hydrogens (tertiary/aromatic N) is 1. The second kappa shape index (κ2) is 4.58. The van der Waals surface area contributed by atoms with Crippen molar-refractivity contribution in [1.82, 2.24) is 10.2 Å². The normalized spacial score (nSPS) is 23.3. The molecule has 1 unspecified atom stereocenters. The third-order valence-electron chi connectivity index (χ3n) is 3.85. The monoisotopic (exact) mass is 242 g/mol. The molecule has 2 aliphatic heterocycles. The quantitative estimate of drug-likeness (QED) is 0.862. The van der Waals surface area contributed by atoms with Gasteiger partial charge in [0.05, 0.1) is 0 Å². The Morgan fingerprint density at radius 2 is 2.06 bits per heavy atom. The van der Waals surface area contributed by atoms with Crippen LogP contribution in [0.3, 0.4) is 0 Å². The van der Waals surface area contributed by atoms with Crippen LogP contribution >= 0.6 is 0 Å². The molecule has 0 aliphatic carbocycles. The average molecular weight is 242 g/mol. The molecule has 0 spiro atoms. The molecule has 1 aromatic rings. The highest BCUT2D eigenvalue weighted by molar-refractivity contribution is 6.08. The lowest BCUT2D eigenvalue weighted by molar-refractivity contribution is 0.0835. The van der Waals surface area contributed by atoms with Crippen molar-refractivity contribution in [2.45, 2.75) is 25.3 Å². The van der Waals surface area contributed by atoms with E-state index < -0.39 is 0 Å². The second-order valence-electron chi connectivity index (χ2n) is 5.05. The highest BCUT2D eigenvalue weighted by Gasteiger charge is 2.32. The lowest BCUT2D eigenvalue weighted by Crippen LogP contribution is -2.43. The molecule has 1 N–H and O–H groups in total. The topological polar surface area (TPSA) is 32.3 Å². The third-order valence-corrected chi connectivity index (χ3v) is 3.85. The maximum absolute atomic E-state index is 12.3. The standard InChI is InChI=1S/C15H18N2O/c1-11-13-7-2-3-8-14(13)15(18)17(11)10-12-6-4-5-9-16-12/h2-3,7-8,12,16H,1,4-6,9-10H2. The fourth-order valence-electron chi connectivity index (χ4n) is 2.83. The van der Waals surface area contributed by atoms with Gasteiger partial charge >= 0.3 is 0 Å². The predicted octanol–water partition coefficient (Wildman–Crippen LogP) is 2.26. The van der Waals surface area contributed by atoms with Gasteiger partial charge in [0.2, 0.25) is 0 Å². The smallest absolute Gasteiger partial charge is 0.259 e. The van der Waals surface area contributed by atoms with Gasteiger partial charge < -0.3 is 10.2 Å². The molecule has 1 saturated heterocycles. The molecule has 2 heterocycles. The summed E-state index contributed by atoms with van der Waals surface area (Å²) in [5, 5.41) is 3.48. The van der Waals surface area contributed by atoms with Crippen LogP contribution in [0.15, 0.2) is 30.8 Å². The Morgan fingerprint density at radius 1 is 1.28 bits per heavy atom. The van der Waals surface area contributed by atoms with E-state index in [2.05, 4.69) is 11.9 Å². The van der Waals surface area contributed by atoms with Crippen LogP contribution in [0, 0.1) is 0 Å². The van der Waals surface area contributed by atoms with Gasteiger partial charge in [0.1, 0.15) is 0 Å². The number of benzene rings is 1. The molecule has 1 amide bonds. The van der Waals surface area contributed by atoms with Gasteiger partial charge in [-0.25, -0.2) is 0 Å². The molecule has 3 heteroatoms. The SMILES string of the molecule is C=C1c2ccccc2C(=O)N1CC1CCCCN1. The van der Waals surface area contributed by atoms with Crippen molar-refractivity contribution in [3.05, 3.63) is 42.0 Å². The number of nitrogens with one attached hydrogen (secondary N) is 1. The maximum Gasteiger partial charge on any atom is 0.259 e. The number of hydrogen-bond acceptors (Lipinski definition) is 2. The lowest BCUT2D eigenvalue weighted by atomic mass is 10.0. The van der Waals surface area contributed by atoms with E-state index in [4.69, 9.17) is 0 Å². The highest BCUT2D eigenvalue weighted by Crippen LogP contribution is 2.31. The molecule has 1 aromatic carbocycles. The van der Waals surface area contributed by atoms with Crippen LogP contribution < -0.4 is 5.32 Å². The maximum atomic E-state index is 12.3. The summed E-state index contributed by atoms with van der Waals surface area (Å²) in [7, 11) is 0. The number of hydrogen-bond donors (Lipinski definition) is 1. The Kier molecular flexibility index (Phi) is 2.92. The molecule has 0 radical (unpaired) electrons. The van der Waals surface area contributed by atoms with Crippen LogP contribution in [0.2, 0.25) is 0 Å². The van der Waals surface area contributed by atoms with Crippen molar-refractivity contribution >= 4 is 11.6 Å². The van der Waals surface area contributed by atoms with Gasteiger partial charge in [0.15, 0.2) is 0 Å². The van der Waals surface area contributed by atoms with Crippen molar-refractivity contribution in [2.75, 3.05) is 13.1 Å². The second-order valence-corrected chi connectivity index (χ2v) is 5.05. The summed E-state index contributed by atoms with van der Waals surface area (Å²) >= 11 is 0. The van der Waals surface area contributed by atoms with Crippen molar-refractivity contribution in [3.63, 3.8) is 0 Å². The molecular weight excluding hydrogens is 224 g/mol. The fraction of sp³-hybridized carbons (Fsp3) is 0.400. The summed E-state index contributed by atoms with van der Waals surface area (Å²) in [6.07, 6.45) is 3.64. The third kappa shape index (κ3) is 1.85. The number of rotatable bonds is 2. The first-order chi connectivity index (χ1) is 8.77. The number of carbonyl (C=O) groups excluding carboxylic acids is 1. The van der Waals surface area contributed by atoms with Crippen molar-refractivity contribution in [2.24, 2.45) is 0 Å². The van der Waals surface area contributed by atoms with E-state index in [-0.39, 0.29) is 5.91 Å². The van der Waals surface area contributed by atoms with Gasteiger partial charge in [-0.2, -0.15) is 0 Å². The van der Waals surface area contributed by atoms with Gasteiger partial charge in [-0.1, -0.05) is 31.2 Å². The minimum absolute atomic E-state index is 0.1000. The molecule has 1 fully saturated rings. The van der Waals surface area contributed by atoms with Crippen LogP contribution in [-0.4, -0.2) is 29.9 Å². The first-order valence-corrected chi connectivity index (χ1v) is 6.61. The molecule has 3 nitrogen and oxygen atoms in total. The highest BCUT2D eigenvalue weighted by atomic mass is 16.2. The van der Waals surface area contributed by atoms with Gasteiger partial charge in [0.25, 0.3) is 5.91 Å². The minimum Gasteiger partial charge on any atom is -0.312 e. The van der Waals surface area contributed by atoms with Crippen molar-refractivity contribution in [3.8, 4) is 0 Å². The zero-order valence-corrected chi connectivity index (χ0v) is 10.5. The fourth-order valence-corrected chi connectivity index (χ4v) is 2.83. The summed E-state index contributed by atoms with van der Waals surface area (Å²) in [5.41, 5.74) is 2.62. The molecule has 0 saturated carbocycles. The van der Waals surface area contributed by atoms with Crippen molar-refractivity contribution in [1.29, 1.82) is 0 Å². The van der Waals surface area contributed by atoms with Gasteiger partial charge in [-0.3, -0.25) is 4.79 Å². The van der Waals surface area contributed by atoms with Crippen molar-refractivity contribution < 1.29 is 4.79 Å². The van der Waals surface area contributed by atoms with Gasteiger partial charge in [0, 0.05) is 29.4 Å². The van der Waals surface area contributed by atoms with Gasteiger partial charge in [-0.15, -0.1) is 0 Å². The number of amides is 1. The molecule has 0 bridgehead atoms. The lowest BCUT2D eigenvalue weighted by Gasteiger charge is -2.28. The van der Waals surface area contributed by atoms with E-state index in [9.17, 15) is 4.79 Å². The first kappa shape index (κ1) is 11.5. The Bertz CT molecular complexity index is 454. The molecule has 1 atom stereocenters. The molecule has 2 aliphatic rings. The van der Waals surface area contributed by atoms with Gasteiger partial charge in [-0.05, 0) is 25.5 Å². The molecule has 18 heavy (non-hydrogen) atoms. The van der Waals surface area contributed by atoms with E-state index in [1.165, 1.54) is 12.8 Å². The molecule has 0 aromatic heterocycles. The Balaban J connectivity index is 1.79. The molecule has 3 rings (SSSR count). The van der Waals surface area contributed by atoms with Crippen LogP contribution in [-0.2, 0) is 0 Å². The Labute approximate surface area is 107 Å². The number of fused-ring (bicyclic) bond motifs is 1. The van der Waals surface area contributed by atoms with E-state index in [0.717, 1.165) is 36.3 Å². The summed E-state index contributed by atoms with van der Waals surface area (Å²) in [6.45, 7) is 5.87. The Hall–Kier alpha value is -1.61. The van der Waals surface area contributed by atoms with Crippen LogP contribution in [0.4, 0.5) is 0 Å². The molecular formula is C15H18N2O. The summed E-state index contributed by atoms with van der Waals surface area (Å²) in [4.78, 5) is 14.1. The summed E-state index contributed by atoms with van der Waals surface area (Å²) in [6, 6.07) is 8.14. The number of piperidine rings is 1. The zero-order chi connectivity index (χ0) is 12.5. The Morgan fingerprint density at radius 3 is 2.72 bits per heavy atom. The predicted molar refractivity (Wildman–Crippen MR) is 72.2 cm³/mol. The zero-order valence-electron chi connectivity index (χ0n) is 10.5. The molecule has 94 valence electrons. The minimum atomic E-state index is 0.1000.